The molecule has 0 aliphatic carbocycles. The van der Waals surface area contributed by atoms with Gasteiger partial charge in [-0.1, -0.05) is 17.7 Å². The fourth-order valence-corrected chi connectivity index (χ4v) is 3.20. The molecule has 17 heavy (non-hydrogen) atoms. The number of nitrogen functional groups attached to an aromatic ring is 1. The van der Waals surface area contributed by atoms with Gasteiger partial charge in [-0.25, -0.2) is 8.42 Å². The Morgan fingerprint density at radius 2 is 1.94 bits per heavy atom. The van der Waals surface area contributed by atoms with Crippen molar-refractivity contribution in [1.29, 1.82) is 0 Å². The molecule has 2 rings (SSSR count). The SMILES string of the molecule is CS(=O)(=O)c1ccc(-c2ccc(Cl)s2)c(N)c1. The number of rotatable bonds is 2. The molecule has 0 aliphatic heterocycles. The van der Waals surface area contributed by atoms with Crippen molar-refractivity contribution in [1.82, 2.24) is 0 Å². The number of halogens is 1. The van der Waals surface area contributed by atoms with E-state index in [2.05, 4.69) is 0 Å². The summed E-state index contributed by atoms with van der Waals surface area (Å²) in [5, 5.41) is 0. The highest BCUT2D eigenvalue weighted by Crippen LogP contribution is 2.35. The van der Waals surface area contributed by atoms with Crippen LogP contribution in [0.5, 0.6) is 0 Å². The van der Waals surface area contributed by atoms with Gasteiger partial charge in [0, 0.05) is 22.4 Å². The molecule has 6 heteroatoms. The minimum absolute atomic E-state index is 0.224. The van der Waals surface area contributed by atoms with Crippen molar-refractivity contribution < 1.29 is 8.42 Å². The molecule has 1 heterocycles. The summed E-state index contributed by atoms with van der Waals surface area (Å²) in [6, 6.07) is 8.37. The van der Waals surface area contributed by atoms with Gasteiger partial charge in [0.1, 0.15) is 0 Å². The van der Waals surface area contributed by atoms with Crippen LogP contribution in [0.4, 0.5) is 5.69 Å². The second kappa shape index (κ2) is 4.33. The minimum atomic E-state index is -3.22. The van der Waals surface area contributed by atoms with Crippen LogP contribution in [0.3, 0.4) is 0 Å². The van der Waals surface area contributed by atoms with Gasteiger partial charge < -0.3 is 5.73 Å². The summed E-state index contributed by atoms with van der Waals surface area (Å²) >= 11 is 7.25. The van der Waals surface area contributed by atoms with Gasteiger partial charge in [0.2, 0.25) is 0 Å². The highest BCUT2D eigenvalue weighted by molar-refractivity contribution is 7.90. The zero-order chi connectivity index (χ0) is 12.6. The van der Waals surface area contributed by atoms with Crippen LogP contribution in [-0.2, 0) is 9.84 Å². The Labute approximate surface area is 109 Å². The number of nitrogens with two attached hydrogens (primary N) is 1. The molecular formula is C11H10ClNO2S2. The summed E-state index contributed by atoms with van der Waals surface area (Å²) in [6.45, 7) is 0. The van der Waals surface area contributed by atoms with Gasteiger partial charge in [-0.05, 0) is 24.3 Å². The first-order valence-corrected chi connectivity index (χ1v) is 7.82. The number of hydrogen-bond donors (Lipinski definition) is 1. The van der Waals surface area contributed by atoms with Gasteiger partial charge in [0.15, 0.2) is 9.84 Å². The lowest BCUT2D eigenvalue weighted by Gasteiger charge is -2.05. The zero-order valence-electron chi connectivity index (χ0n) is 8.98. The Morgan fingerprint density at radius 3 is 2.41 bits per heavy atom. The quantitative estimate of drug-likeness (QED) is 0.864. The normalized spacial score (nSPS) is 11.6. The Morgan fingerprint density at radius 1 is 1.24 bits per heavy atom. The first-order valence-electron chi connectivity index (χ1n) is 4.73. The number of hydrogen-bond acceptors (Lipinski definition) is 4. The molecule has 1 aromatic carbocycles. The van der Waals surface area contributed by atoms with Gasteiger partial charge in [-0.15, -0.1) is 11.3 Å². The Kier molecular flexibility index (Phi) is 3.16. The second-order valence-electron chi connectivity index (χ2n) is 3.62. The molecule has 0 amide bonds. The van der Waals surface area contributed by atoms with E-state index < -0.39 is 9.84 Å². The van der Waals surface area contributed by atoms with E-state index in [-0.39, 0.29) is 4.90 Å². The van der Waals surface area contributed by atoms with Crippen LogP contribution in [0.25, 0.3) is 10.4 Å². The van der Waals surface area contributed by atoms with Crippen molar-refractivity contribution >= 4 is 38.5 Å². The van der Waals surface area contributed by atoms with Crippen LogP contribution in [0.1, 0.15) is 0 Å². The monoisotopic (exact) mass is 287 g/mol. The lowest BCUT2D eigenvalue weighted by molar-refractivity contribution is 0.602. The molecule has 2 aromatic rings. The summed E-state index contributed by atoms with van der Waals surface area (Å²) in [6.07, 6.45) is 1.16. The lowest BCUT2D eigenvalue weighted by atomic mass is 10.1. The molecule has 0 saturated carbocycles. The van der Waals surface area contributed by atoms with Gasteiger partial charge in [0.05, 0.1) is 9.23 Å². The minimum Gasteiger partial charge on any atom is -0.398 e. The topological polar surface area (TPSA) is 60.2 Å². The molecule has 3 nitrogen and oxygen atoms in total. The summed E-state index contributed by atoms with van der Waals surface area (Å²) in [5.41, 5.74) is 7.10. The van der Waals surface area contributed by atoms with Crippen LogP contribution < -0.4 is 5.73 Å². The van der Waals surface area contributed by atoms with Gasteiger partial charge in [-0.2, -0.15) is 0 Å². The molecule has 2 N–H and O–H groups in total. The van der Waals surface area contributed by atoms with Crippen LogP contribution in [0.15, 0.2) is 35.2 Å². The summed E-state index contributed by atoms with van der Waals surface area (Å²) in [5.74, 6) is 0. The van der Waals surface area contributed by atoms with E-state index in [1.165, 1.54) is 17.4 Å². The molecule has 0 radical (unpaired) electrons. The van der Waals surface area contributed by atoms with Crippen LogP contribution in [0, 0.1) is 0 Å². The third-order valence-electron chi connectivity index (χ3n) is 2.29. The number of sulfone groups is 1. The van der Waals surface area contributed by atoms with E-state index in [0.29, 0.717) is 10.0 Å². The van der Waals surface area contributed by atoms with E-state index >= 15 is 0 Å². The van der Waals surface area contributed by atoms with E-state index in [9.17, 15) is 8.42 Å². The lowest BCUT2D eigenvalue weighted by Crippen LogP contribution is -1.99. The number of anilines is 1. The Balaban J connectivity index is 2.53. The molecule has 0 fully saturated rings. The van der Waals surface area contributed by atoms with E-state index in [4.69, 9.17) is 17.3 Å². The van der Waals surface area contributed by atoms with Gasteiger partial charge in [0.25, 0.3) is 0 Å². The second-order valence-corrected chi connectivity index (χ2v) is 7.36. The highest BCUT2D eigenvalue weighted by atomic mass is 35.5. The fourth-order valence-electron chi connectivity index (χ4n) is 1.45. The third kappa shape index (κ3) is 2.62. The maximum absolute atomic E-state index is 11.4. The van der Waals surface area contributed by atoms with Crippen molar-refractivity contribution in [3.63, 3.8) is 0 Å². The number of benzene rings is 1. The molecule has 1 aromatic heterocycles. The largest absolute Gasteiger partial charge is 0.398 e. The highest BCUT2D eigenvalue weighted by Gasteiger charge is 2.11. The Bertz CT molecular complexity index is 662. The van der Waals surface area contributed by atoms with Crippen LogP contribution in [0.2, 0.25) is 4.34 Å². The summed E-state index contributed by atoms with van der Waals surface area (Å²) in [4.78, 5) is 1.15. The molecule has 0 aliphatic rings. The summed E-state index contributed by atoms with van der Waals surface area (Å²) < 4.78 is 23.4. The van der Waals surface area contributed by atoms with Gasteiger partial charge >= 0.3 is 0 Å². The molecular weight excluding hydrogens is 278 g/mol. The van der Waals surface area contributed by atoms with Crippen LogP contribution >= 0.6 is 22.9 Å². The molecule has 0 bridgehead atoms. The van der Waals surface area contributed by atoms with Crippen molar-refractivity contribution in [2.24, 2.45) is 0 Å². The number of thiophene rings is 1. The molecule has 0 atom stereocenters. The average molecular weight is 288 g/mol. The first-order chi connectivity index (χ1) is 7.88. The summed E-state index contributed by atoms with van der Waals surface area (Å²) in [7, 11) is -3.22. The standard InChI is InChI=1S/C11H10ClNO2S2/c1-17(14,15)7-2-3-8(9(13)6-7)10-4-5-11(12)16-10/h2-6H,13H2,1H3. The smallest absolute Gasteiger partial charge is 0.175 e. The predicted molar refractivity (Wildman–Crippen MR) is 72.3 cm³/mol. The van der Waals surface area contributed by atoms with Crippen molar-refractivity contribution in [2.75, 3.05) is 12.0 Å². The zero-order valence-corrected chi connectivity index (χ0v) is 11.4. The van der Waals surface area contributed by atoms with E-state index in [1.807, 2.05) is 6.07 Å². The van der Waals surface area contributed by atoms with Crippen LogP contribution in [-0.4, -0.2) is 14.7 Å². The molecule has 90 valence electrons. The van der Waals surface area contributed by atoms with Gasteiger partial charge in [-0.3, -0.25) is 0 Å². The predicted octanol–water partition coefficient (Wildman–Crippen LogP) is 3.05. The first kappa shape index (κ1) is 12.4. The third-order valence-corrected chi connectivity index (χ3v) is 4.66. The maximum Gasteiger partial charge on any atom is 0.175 e. The molecule has 0 unspecified atom stereocenters. The van der Waals surface area contributed by atoms with Crippen molar-refractivity contribution in [3.8, 4) is 10.4 Å². The van der Waals surface area contributed by atoms with Crippen molar-refractivity contribution in [3.05, 3.63) is 34.7 Å². The van der Waals surface area contributed by atoms with E-state index in [0.717, 1.165) is 16.7 Å². The van der Waals surface area contributed by atoms with E-state index in [1.54, 1.807) is 18.2 Å². The fraction of sp³-hybridized carbons (Fsp3) is 0.0909. The van der Waals surface area contributed by atoms with Crippen molar-refractivity contribution in [2.45, 2.75) is 4.90 Å². The maximum atomic E-state index is 11.4. The molecule has 0 saturated heterocycles. The average Bonchev–Trinajstić information content (AvgIpc) is 2.63. The molecule has 0 spiro atoms. The Hall–Kier alpha value is -1.04.